The van der Waals surface area contributed by atoms with Gasteiger partial charge in [-0.25, -0.2) is 0 Å². The van der Waals surface area contributed by atoms with E-state index in [0.29, 0.717) is 12.6 Å². The third-order valence-electron chi connectivity index (χ3n) is 2.56. The van der Waals surface area contributed by atoms with Crippen molar-refractivity contribution in [1.82, 2.24) is 5.32 Å². The van der Waals surface area contributed by atoms with Gasteiger partial charge in [0.15, 0.2) is 0 Å². The fourth-order valence-corrected chi connectivity index (χ4v) is 1.50. The van der Waals surface area contributed by atoms with Gasteiger partial charge in [0, 0.05) is 19.3 Å². The molecule has 0 aromatic carbocycles. The van der Waals surface area contributed by atoms with Gasteiger partial charge in [-0.3, -0.25) is 0 Å². The summed E-state index contributed by atoms with van der Waals surface area (Å²) in [6.07, 6.45) is 3.72. The topological polar surface area (TPSA) is 30.5 Å². The molecule has 2 atom stereocenters. The highest BCUT2D eigenvalue weighted by molar-refractivity contribution is 4.61. The molecule has 0 aliphatic carbocycles. The Hall–Kier alpha value is -0.120. The van der Waals surface area contributed by atoms with Gasteiger partial charge in [0.05, 0.1) is 12.7 Å². The van der Waals surface area contributed by atoms with Gasteiger partial charge in [0.25, 0.3) is 0 Å². The van der Waals surface area contributed by atoms with Crippen LogP contribution < -0.4 is 5.32 Å². The van der Waals surface area contributed by atoms with Crippen molar-refractivity contribution in [3.8, 4) is 0 Å². The molecular formula is C12H27NO2. The van der Waals surface area contributed by atoms with Crippen molar-refractivity contribution < 1.29 is 9.47 Å². The Balaban J connectivity index is 3.29. The molecule has 0 aromatic heterocycles. The van der Waals surface area contributed by atoms with Crippen molar-refractivity contribution in [1.29, 1.82) is 0 Å². The van der Waals surface area contributed by atoms with Crippen LogP contribution in [0.2, 0.25) is 0 Å². The Morgan fingerprint density at radius 3 is 2.53 bits per heavy atom. The molecule has 1 N–H and O–H groups in total. The van der Waals surface area contributed by atoms with Crippen molar-refractivity contribution in [2.75, 3.05) is 26.9 Å². The molecule has 3 nitrogen and oxygen atoms in total. The van der Waals surface area contributed by atoms with E-state index in [1.165, 1.54) is 12.8 Å². The minimum atomic E-state index is 0.222. The Bertz CT molecular complexity index is 127. The average Bonchev–Trinajstić information content (AvgIpc) is 2.26. The summed E-state index contributed by atoms with van der Waals surface area (Å²) < 4.78 is 10.9. The molecule has 0 bridgehead atoms. The lowest BCUT2D eigenvalue weighted by atomic mass is 10.1. The van der Waals surface area contributed by atoms with Crippen LogP contribution in [-0.2, 0) is 9.47 Å². The van der Waals surface area contributed by atoms with Crippen LogP contribution in [0.3, 0.4) is 0 Å². The molecule has 0 amide bonds. The predicted molar refractivity (Wildman–Crippen MR) is 64.3 cm³/mol. The van der Waals surface area contributed by atoms with Crippen molar-refractivity contribution in [2.45, 2.75) is 52.2 Å². The molecule has 2 unspecified atom stereocenters. The zero-order valence-electron chi connectivity index (χ0n) is 10.7. The summed E-state index contributed by atoms with van der Waals surface area (Å²) >= 11 is 0. The molecule has 0 aliphatic heterocycles. The third-order valence-corrected chi connectivity index (χ3v) is 2.56. The van der Waals surface area contributed by atoms with Crippen LogP contribution in [0.25, 0.3) is 0 Å². The summed E-state index contributed by atoms with van der Waals surface area (Å²) in [4.78, 5) is 0. The molecule has 0 saturated heterocycles. The van der Waals surface area contributed by atoms with Crippen molar-refractivity contribution in [2.24, 2.45) is 0 Å². The van der Waals surface area contributed by atoms with E-state index in [1.807, 2.05) is 14.0 Å². The maximum atomic E-state index is 5.63. The van der Waals surface area contributed by atoms with Gasteiger partial charge in [0.1, 0.15) is 0 Å². The van der Waals surface area contributed by atoms with Gasteiger partial charge >= 0.3 is 0 Å². The SMILES string of the molecule is CCOCC(C)OCCCC(CC)NC. The molecular weight excluding hydrogens is 190 g/mol. The third kappa shape index (κ3) is 8.85. The zero-order chi connectivity index (χ0) is 11.5. The van der Waals surface area contributed by atoms with Crippen LogP contribution in [-0.4, -0.2) is 39.0 Å². The predicted octanol–water partition coefficient (Wildman–Crippen LogP) is 2.21. The lowest BCUT2D eigenvalue weighted by molar-refractivity contribution is -0.00499. The van der Waals surface area contributed by atoms with Crippen molar-refractivity contribution >= 4 is 0 Å². The summed E-state index contributed by atoms with van der Waals surface area (Å²) in [5.41, 5.74) is 0. The van der Waals surface area contributed by atoms with Gasteiger partial charge in [-0.2, -0.15) is 0 Å². The summed E-state index contributed by atoms with van der Waals surface area (Å²) in [7, 11) is 2.02. The average molecular weight is 217 g/mol. The lowest BCUT2D eigenvalue weighted by Crippen LogP contribution is -2.25. The molecule has 0 saturated carbocycles. The van der Waals surface area contributed by atoms with E-state index in [-0.39, 0.29) is 6.10 Å². The van der Waals surface area contributed by atoms with E-state index in [0.717, 1.165) is 19.6 Å². The Kier molecular flexibility index (Phi) is 10.3. The number of ether oxygens (including phenoxy) is 2. The van der Waals surface area contributed by atoms with Crippen LogP contribution in [0, 0.1) is 0 Å². The molecule has 0 fully saturated rings. The van der Waals surface area contributed by atoms with Gasteiger partial charge in [-0.15, -0.1) is 0 Å². The van der Waals surface area contributed by atoms with Gasteiger partial charge in [-0.05, 0) is 40.2 Å². The fraction of sp³-hybridized carbons (Fsp3) is 1.00. The Morgan fingerprint density at radius 1 is 1.27 bits per heavy atom. The summed E-state index contributed by atoms with van der Waals surface area (Å²) in [5, 5.41) is 3.29. The molecule has 0 spiro atoms. The highest BCUT2D eigenvalue weighted by atomic mass is 16.5. The molecule has 3 heteroatoms. The number of nitrogens with one attached hydrogen (secondary N) is 1. The second kappa shape index (κ2) is 10.4. The minimum absolute atomic E-state index is 0.222. The standard InChI is InChI=1S/C12H27NO2/c1-5-12(13-4)8-7-9-15-11(3)10-14-6-2/h11-13H,5-10H2,1-4H3. The second-order valence-corrected chi connectivity index (χ2v) is 3.88. The molecule has 0 heterocycles. The summed E-state index contributed by atoms with van der Waals surface area (Å²) in [6.45, 7) is 8.59. The van der Waals surface area contributed by atoms with Crippen LogP contribution >= 0.6 is 0 Å². The maximum absolute atomic E-state index is 5.63. The monoisotopic (exact) mass is 217 g/mol. The van der Waals surface area contributed by atoms with Crippen LogP contribution in [0.5, 0.6) is 0 Å². The van der Waals surface area contributed by atoms with E-state index in [2.05, 4.69) is 19.2 Å². The largest absolute Gasteiger partial charge is 0.379 e. The van der Waals surface area contributed by atoms with Crippen LogP contribution in [0.1, 0.15) is 40.0 Å². The molecule has 0 rings (SSSR count). The first-order valence-electron chi connectivity index (χ1n) is 6.11. The van der Waals surface area contributed by atoms with Crippen molar-refractivity contribution in [3.63, 3.8) is 0 Å². The fourth-order valence-electron chi connectivity index (χ4n) is 1.50. The number of hydrogen-bond donors (Lipinski definition) is 1. The van der Waals surface area contributed by atoms with Gasteiger partial charge in [-0.1, -0.05) is 6.92 Å². The molecule has 15 heavy (non-hydrogen) atoms. The van der Waals surface area contributed by atoms with Gasteiger partial charge < -0.3 is 14.8 Å². The van der Waals surface area contributed by atoms with Crippen molar-refractivity contribution in [3.05, 3.63) is 0 Å². The van der Waals surface area contributed by atoms with Gasteiger partial charge in [0.2, 0.25) is 0 Å². The zero-order valence-corrected chi connectivity index (χ0v) is 10.7. The Labute approximate surface area is 94.5 Å². The molecule has 92 valence electrons. The second-order valence-electron chi connectivity index (χ2n) is 3.88. The van der Waals surface area contributed by atoms with Crippen LogP contribution in [0.15, 0.2) is 0 Å². The molecule has 0 aromatic rings. The van der Waals surface area contributed by atoms with E-state index >= 15 is 0 Å². The first-order chi connectivity index (χ1) is 7.24. The summed E-state index contributed by atoms with van der Waals surface area (Å²) in [5.74, 6) is 0. The van der Waals surface area contributed by atoms with E-state index < -0.39 is 0 Å². The molecule has 0 aliphatic rings. The van der Waals surface area contributed by atoms with E-state index in [1.54, 1.807) is 0 Å². The highest BCUT2D eigenvalue weighted by Crippen LogP contribution is 2.02. The maximum Gasteiger partial charge on any atom is 0.0780 e. The van der Waals surface area contributed by atoms with E-state index in [4.69, 9.17) is 9.47 Å². The number of hydrogen-bond acceptors (Lipinski definition) is 3. The molecule has 0 radical (unpaired) electrons. The minimum Gasteiger partial charge on any atom is -0.379 e. The van der Waals surface area contributed by atoms with Crippen LogP contribution in [0.4, 0.5) is 0 Å². The number of rotatable bonds is 10. The van der Waals surface area contributed by atoms with E-state index in [9.17, 15) is 0 Å². The first-order valence-corrected chi connectivity index (χ1v) is 6.11. The Morgan fingerprint density at radius 2 is 2.00 bits per heavy atom. The first kappa shape index (κ1) is 14.9. The quantitative estimate of drug-likeness (QED) is 0.569. The summed E-state index contributed by atoms with van der Waals surface area (Å²) in [6, 6.07) is 0.635. The highest BCUT2D eigenvalue weighted by Gasteiger charge is 2.04. The normalized spacial score (nSPS) is 15.2. The smallest absolute Gasteiger partial charge is 0.0780 e. The lowest BCUT2D eigenvalue weighted by Gasteiger charge is -2.15.